The number of carbonyl (C=O) groups excluding carboxylic acids is 1. The monoisotopic (exact) mass is 248 g/mol. The topological polar surface area (TPSA) is 55.6 Å². The van der Waals surface area contributed by atoms with Gasteiger partial charge in [-0.1, -0.05) is 12.1 Å². The number of methoxy groups -OCH3 is 1. The SMILES string of the molecule is COCC1CCCN(C(=O)c2ccccc2N)C1. The van der Waals surface area contributed by atoms with Crippen LogP contribution in [0.25, 0.3) is 0 Å². The van der Waals surface area contributed by atoms with E-state index in [4.69, 9.17) is 10.5 Å². The van der Waals surface area contributed by atoms with Crippen molar-refractivity contribution in [1.29, 1.82) is 0 Å². The number of hydrogen-bond donors (Lipinski definition) is 1. The summed E-state index contributed by atoms with van der Waals surface area (Å²) >= 11 is 0. The zero-order chi connectivity index (χ0) is 13.0. The van der Waals surface area contributed by atoms with Crippen molar-refractivity contribution < 1.29 is 9.53 Å². The Morgan fingerprint density at radius 2 is 2.28 bits per heavy atom. The molecule has 1 unspecified atom stereocenters. The molecule has 0 aromatic heterocycles. The number of hydrogen-bond acceptors (Lipinski definition) is 3. The van der Waals surface area contributed by atoms with E-state index in [2.05, 4.69) is 0 Å². The molecule has 1 aromatic rings. The normalized spacial score (nSPS) is 19.8. The minimum atomic E-state index is 0.0360. The molecule has 18 heavy (non-hydrogen) atoms. The fraction of sp³-hybridized carbons (Fsp3) is 0.500. The van der Waals surface area contributed by atoms with Crippen molar-refractivity contribution in [2.75, 3.05) is 32.5 Å². The summed E-state index contributed by atoms with van der Waals surface area (Å²) in [5.74, 6) is 0.478. The van der Waals surface area contributed by atoms with Crippen molar-refractivity contribution in [2.45, 2.75) is 12.8 Å². The highest BCUT2D eigenvalue weighted by Crippen LogP contribution is 2.20. The predicted molar refractivity (Wildman–Crippen MR) is 71.4 cm³/mol. The number of carbonyl (C=O) groups is 1. The number of likely N-dealkylation sites (tertiary alicyclic amines) is 1. The predicted octanol–water partition coefficient (Wildman–Crippen LogP) is 1.77. The summed E-state index contributed by atoms with van der Waals surface area (Å²) in [4.78, 5) is 14.3. The van der Waals surface area contributed by atoms with Crippen LogP contribution in [0.15, 0.2) is 24.3 Å². The van der Waals surface area contributed by atoms with Crippen LogP contribution in [0.3, 0.4) is 0 Å². The highest BCUT2D eigenvalue weighted by molar-refractivity contribution is 5.99. The van der Waals surface area contributed by atoms with Gasteiger partial charge in [-0.25, -0.2) is 0 Å². The van der Waals surface area contributed by atoms with Gasteiger partial charge in [0.15, 0.2) is 0 Å². The first-order chi connectivity index (χ1) is 8.72. The van der Waals surface area contributed by atoms with E-state index in [0.717, 1.165) is 25.9 Å². The number of benzene rings is 1. The lowest BCUT2D eigenvalue weighted by Gasteiger charge is -2.32. The first kappa shape index (κ1) is 12.9. The highest BCUT2D eigenvalue weighted by Gasteiger charge is 2.25. The third-order valence-corrected chi connectivity index (χ3v) is 3.40. The van der Waals surface area contributed by atoms with E-state index in [1.807, 2.05) is 17.0 Å². The molecule has 1 aliphatic heterocycles. The van der Waals surface area contributed by atoms with Crippen LogP contribution < -0.4 is 5.73 Å². The summed E-state index contributed by atoms with van der Waals surface area (Å²) in [6.07, 6.45) is 2.16. The van der Waals surface area contributed by atoms with Crippen molar-refractivity contribution in [2.24, 2.45) is 5.92 Å². The number of anilines is 1. The minimum Gasteiger partial charge on any atom is -0.398 e. The maximum Gasteiger partial charge on any atom is 0.255 e. The second-order valence-electron chi connectivity index (χ2n) is 4.80. The van der Waals surface area contributed by atoms with Crippen molar-refractivity contribution in [3.05, 3.63) is 29.8 Å². The Bertz CT molecular complexity index is 418. The molecule has 1 aliphatic rings. The maximum atomic E-state index is 12.4. The van der Waals surface area contributed by atoms with E-state index in [9.17, 15) is 4.79 Å². The van der Waals surface area contributed by atoms with Crippen LogP contribution in [0.1, 0.15) is 23.2 Å². The number of nitrogen functional groups attached to an aromatic ring is 1. The van der Waals surface area contributed by atoms with Crippen molar-refractivity contribution >= 4 is 11.6 Å². The van der Waals surface area contributed by atoms with Crippen LogP contribution in [-0.4, -0.2) is 37.6 Å². The molecule has 1 fully saturated rings. The zero-order valence-electron chi connectivity index (χ0n) is 10.8. The average Bonchev–Trinajstić information content (AvgIpc) is 2.39. The van der Waals surface area contributed by atoms with Gasteiger partial charge in [-0.05, 0) is 30.9 Å². The fourth-order valence-corrected chi connectivity index (χ4v) is 2.48. The Morgan fingerprint density at radius 1 is 1.50 bits per heavy atom. The van der Waals surface area contributed by atoms with E-state index < -0.39 is 0 Å². The van der Waals surface area contributed by atoms with Crippen LogP contribution in [0, 0.1) is 5.92 Å². The molecule has 4 nitrogen and oxygen atoms in total. The van der Waals surface area contributed by atoms with Gasteiger partial charge in [0.1, 0.15) is 0 Å². The molecule has 1 atom stereocenters. The van der Waals surface area contributed by atoms with Gasteiger partial charge >= 0.3 is 0 Å². The summed E-state index contributed by atoms with van der Waals surface area (Å²) in [5.41, 5.74) is 7.01. The molecule has 0 aliphatic carbocycles. The lowest BCUT2D eigenvalue weighted by Crippen LogP contribution is -2.41. The largest absolute Gasteiger partial charge is 0.398 e. The summed E-state index contributed by atoms with van der Waals surface area (Å²) in [6, 6.07) is 7.25. The Hall–Kier alpha value is -1.55. The summed E-state index contributed by atoms with van der Waals surface area (Å²) in [6.45, 7) is 2.29. The van der Waals surface area contributed by atoms with Crippen LogP contribution in [0.5, 0.6) is 0 Å². The number of ether oxygens (including phenoxy) is 1. The number of rotatable bonds is 3. The van der Waals surface area contributed by atoms with Gasteiger partial charge in [-0.15, -0.1) is 0 Å². The molecular formula is C14H20N2O2. The van der Waals surface area contributed by atoms with Gasteiger partial charge in [-0.3, -0.25) is 4.79 Å². The second-order valence-corrected chi connectivity index (χ2v) is 4.80. The Balaban J connectivity index is 2.07. The highest BCUT2D eigenvalue weighted by atomic mass is 16.5. The molecule has 4 heteroatoms. The van der Waals surface area contributed by atoms with E-state index in [1.54, 1.807) is 19.2 Å². The number of nitrogens with two attached hydrogens (primary N) is 1. The Kier molecular flexibility index (Phi) is 4.20. The third kappa shape index (κ3) is 2.82. The molecule has 2 N–H and O–H groups in total. The van der Waals surface area contributed by atoms with Gasteiger partial charge in [0.25, 0.3) is 5.91 Å². The summed E-state index contributed by atoms with van der Waals surface area (Å²) < 4.78 is 5.18. The number of para-hydroxylation sites is 1. The quantitative estimate of drug-likeness (QED) is 0.829. The van der Waals surface area contributed by atoms with Gasteiger partial charge in [0.05, 0.1) is 12.2 Å². The fourth-order valence-electron chi connectivity index (χ4n) is 2.48. The van der Waals surface area contributed by atoms with Crippen molar-refractivity contribution in [3.63, 3.8) is 0 Å². The molecule has 0 saturated carbocycles. The van der Waals surface area contributed by atoms with Gasteiger partial charge in [0, 0.05) is 25.9 Å². The molecule has 0 bridgehead atoms. The van der Waals surface area contributed by atoms with Crippen molar-refractivity contribution in [1.82, 2.24) is 4.90 Å². The number of piperidine rings is 1. The Morgan fingerprint density at radius 3 is 3.00 bits per heavy atom. The summed E-state index contributed by atoms with van der Waals surface area (Å²) in [7, 11) is 1.70. The van der Waals surface area contributed by atoms with E-state index in [-0.39, 0.29) is 5.91 Å². The summed E-state index contributed by atoms with van der Waals surface area (Å²) in [5, 5.41) is 0. The molecule has 0 spiro atoms. The van der Waals surface area contributed by atoms with Gasteiger partial charge in [0.2, 0.25) is 0 Å². The lowest BCUT2D eigenvalue weighted by atomic mass is 9.98. The molecule has 1 heterocycles. The zero-order valence-corrected chi connectivity index (χ0v) is 10.8. The molecular weight excluding hydrogens is 228 g/mol. The molecule has 98 valence electrons. The standard InChI is InChI=1S/C14H20N2O2/c1-18-10-11-5-4-8-16(9-11)14(17)12-6-2-3-7-13(12)15/h2-3,6-7,11H,4-5,8-10,15H2,1H3. The molecule has 0 radical (unpaired) electrons. The molecule has 1 aromatic carbocycles. The van der Waals surface area contributed by atoms with Gasteiger partial charge in [-0.2, -0.15) is 0 Å². The number of amides is 1. The van der Waals surface area contributed by atoms with Crippen LogP contribution in [0.4, 0.5) is 5.69 Å². The third-order valence-electron chi connectivity index (χ3n) is 3.40. The van der Waals surface area contributed by atoms with Crippen molar-refractivity contribution in [3.8, 4) is 0 Å². The van der Waals surface area contributed by atoms with Crippen LogP contribution >= 0.6 is 0 Å². The first-order valence-corrected chi connectivity index (χ1v) is 6.35. The Labute approximate surface area is 108 Å². The molecule has 2 rings (SSSR count). The smallest absolute Gasteiger partial charge is 0.255 e. The average molecular weight is 248 g/mol. The van der Waals surface area contributed by atoms with E-state index >= 15 is 0 Å². The maximum absolute atomic E-state index is 12.4. The minimum absolute atomic E-state index is 0.0360. The van der Waals surface area contributed by atoms with Crippen LogP contribution in [-0.2, 0) is 4.74 Å². The van der Waals surface area contributed by atoms with E-state index in [0.29, 0.717) is 23.8 Å². The molecule has 1 amide bonds. The van der Waals surface area contributed by atoms with E-state index in [1.165, 1.54) is 0 Å². The van der Waals surface area contributed by atoms with Gasteiger partial charge < -0.3 is 15.4 Å². The number of nitrogens with zero attached hydrogens (tertiary/aromatic N) is 1. The lowest BCUT2D eigenvalue weighted by molar-refractivity contribution is 0.0572. The second kappa shape index (κ2) is 5.87. The first-order valence-electron chi connectivity index (χ1n) is 6.35. The van der Waals surface area contributed by atoms with Crippen LogP contribution in [0.2, 0.25) is 0 Å². The molecule has 1 saturated heterocycles.